The first-order valence-corrected chi connectivity index (χ1v) is 6.00. The molecule has 0 radical (unpaired) electrons. The number of thiazole rings is 1. The van der Waals surface area contributed by atoms with Crippen LogP contribution in [0.4, 0.5) is 9.52 Å². The van der Waals surface area contributed by atoms with Gasteiger partial charge in [-0.15, -0.1) is 11.3 Å². The average molecular weight is 301 g/mol. The van der Waals surface area contributed by atoms with Crippen molar-refractivity contribution in [1.29, 1.82) is 0 Å². The third kappa shape index (κ3) is 2.45. The molecule has 1 N–H and O–H groups in total. The van der Waals surface area contributed by atoms with E-state index in [1.54, 1.807) is 11.6 Å². The summed E-state index contributed by atoms with van der Waals surface area (Å²) in [6, 6.07) is 3.90. The van der Waals surface area contributed by atoms with Gasteiger partial charge in [0.25, 0.3) is 5.91 Å². The molecule has 2 rings (SSSR count). The number of aromatic nitrogens is 1. The molecule has 0 atom stereocenters. The maximum atomic E-state index is 12.8. The molecule has 1 amide bonds. The Labute approximate surface area is 103 Å². The average Bonchev–Trinajstić information content (AvgIpc) is 2.70. The van der Waals surface area contributed by atoms with E-state index in [0.717, 1.165) is 0 Å². The van der Waals surface area contributed by atoms with Crippen molar-refractivity contribution >= 4 is 38.3 Å². The van der Waals surface area contributed by atoms with E-state index in [1.807, 2.05) is 0 Å². The van der Waals surface area contributed by atoms with E-state index < -0.39 is 5.82 Å². The summed E-state index contributed by atoms with van der Waals surface area (Å²) in [5.74, 6) is -0.709. The van der Waals surface area contributed by atoms with Gasteiger partial charge >= 0.3 is 0 Å². The monoisotopic (exact) mass is 300 g/mol. The zero-order chi connectivity index (χ0) is 11.5. The highest BCUT2D eigenvalue weighted by atomic mass is 79.9. The normalized spacial score (nSPS) is 10.1. The number of carbonyl (C=O) groups excluding carboxylic acids is 1. The van der Waals surface area contributed by atoms with Crippen LogP contribution in [0, 0.1) is 5.82 Å². The lowest BCUT2D eigenvalue weighted by molar-refractivity contribution is 0.102. The van der Waals surface area contributed by atoms with E-state index in [2.05, 4.69) is 26.2 Å². The maximum Gasteiger partial charge on any atom is 0.258 e. The molecule has 0 aliphatic carbocycles. The molecule has 3 nitrogen and oxygen atoms in total. The minimum absolute atomic E-state index is 0.318. The fraction of sp³-hybridized carbons (Fsp3) is 0. The van der Waals surface area contributed by atoms with Crippen molar-refractivity contribution in [3.63, 3.8) is 0 Å². The highest BCUT2D eigenvalue weighted by Crippen LogP contribution is 2.20. The number of hydrogen-bond acceptors (Lipinski definition) is 3. The molecular weight excluding hydrogens is 295 g/mol. The molecule has 6 heteroatoms. The fourth-order valence-electron chi connectivity index (χ4n) is 1.12. The Morgan fingerprint density at radius 2 is 2.31 bits per heavy atom. The van der Waals surface area contributed by atoms with Crippen LogP contribution in [0.3, 0.4) is 0 Å². The van der Waals surface area contributed by atoms with Gasteiger partial charge in [-0.2, -0.15) is 0 Å². The van der Waals surface area contributed by atoms with E-state index in [1.165, 1.54) is 29.5 Å². The molecule has 82 valence electrons. The van der Waals surface area contributed by atoms with Gasteiger partial charge in [0.15, 0.2) is 5.13 Å². The lowest BCUT2D eigenvalue weighted by atomic mass is 10.2. The molecule has 0 fully saturated rings. The Morgan fingerprint density at radius 1 is 1.50 bits per heavy atom. The van der Waals surface area contributed by atoms with Gasteiger partial charge in [0, 0.05) is 16.0 Å². The predicted molar refractivity (Wildman–Crippen MR) is 64.2 cm³/mol. The molecule has 0 spiro atoms. The summed E-state index contributed by atoms with van der Waals surface area (Å²) in [5.41, 5.74) is 0.372. The Balaban J connectivity index is 2.21. The molecule has 1 heterocycles. The van der Waals surface area contributed by atoms with Gasteiger partial charge in [-0.3, -0.25) is 10.1 Å². The molecule has 0 bridgehead atoms. The molecule has 0 unspecified atom stereocenters. The molecule has 0 aliphatic heterocycles. The second-order valence-corrected chi connectivity index (χ2v) is 4.66. The van der Waals surface area contributed by atoms with Crippen LogP contribution < -0.4 is 5.32 Å². The number of rotatable bonds is 2. The van der Waals surface area contributed by atoms with Crippen molar-refractivity contribution < 1.29 is 9.18 Å². The Hall–Kier alpha value is -1.27. The molecule has 0 saturated carbocycles. The number of benzene rings is 1. The van der Waals surface area contributed by atoms with Gasteiger partial charge in [0.2, 0.25) is 0 Å². The SMILES string of the molecule is O=C(Nc1nccs1)c1ccc(F)cc1Br. The Kier molecular flexibility index (Phi) is 3.31. The zero-order valence-corrected chi connectivity index (χ0v) is 10.3. The summed E-state index contributed by atoms with van der Waals surface area (Å²) in [7, 11) is 0. The Morgan fingerprint density at radius 3 is 2.94 bits per heavy atom. The number of halogens is 2. The summed E-state index contributed by atoms with van der Waals surface area (Å²) < 4.78 is 13.2. The van der Waals surface area contributed by atoms with Crippen LogP contribution in [0.15, 0.2) is 34.2 Å². The van der Waals surface area contributed by atoms with Crippen LogP contribution in [0.25, 0.3) is 0 Å². The van der Waals surface area contributed by atoms with Crippen LogP contribution in [-0.4, -0.2) is 10.9 Å². The summed E-state index contributed by atoms with van der Waals surface area (Å²) in [6.45, 7) is 0. The second kappa shape index (κ2) is 4.71. The molecular formula is C10H6BrFN2OS. The molecule has 0 saturated heterocycles. The standard InChI is InChI=1S/C10H6BrFN2OS/c11-8-5-6(12)1-2-7(8)9(15)14-10-13-3-4-16-10/h1-5H,(H,13,14,15). The molecule has 1 aromatic carbocycles. The number of nitrogens with one attached hydrogen (secondary N) is 1. The summed E-state index contributed by atoms with van der Waals surface area (Å²) in [5, 5.41) is 4.89. The van der Waals surface area contributed by atoms with Crippen LogP contribution in [0.5, 0.6) is 0 Å². The maximum absolute atomic E-state index is 12.8. The van der Waals surface area contributed by atoms with Crippen molar-refractivity contribution in [3.8, 4) is 0 Å². The summed E-state index contributed by atoms with van der Waals surface area (Å²) >= 11 is 4.46. The van der Waals surface area contributed by atoms with Crippen LogP contribution in [0.1, 0.15) is 10.4 Å². The van der Waals surface area contributed by atoms with Gasteiger partial charge in [0.05, 0.1) is 5.56 Å². The predicted octanol–water partition coefficient (Wildman–Crippen LogP) is 3.30. The van der Waals surface area contributed by atoms with Gasteiger partial charge in [-0.1, -0.05) is 0 Å². The molecule has 16 heavy (non-hydrogen) atoms. The van der Waals surface area contributed by atoms with Crippen molar-refractivity contribution in [1.82, 2.24) is 4.98 Å². The van der Waals surface area contributed by atoms with E-state index in [-0.39, 0.29) is 5.91 Å². The smallest absolute Gasteiger partial charge is 0.258 e. The van der Waals surface area contributed by atoms with Crippen LogP contribution in [0.2, 0.25) is 0 Å². The van der Waals surface area contributed by atoms with E-state index in [4.69, 9.17) is 0 Å². The highest BCUT2D eigenvalue weighted by Gasteiger charge is 2.11. The zero-order valence-electron chi connectivity index (χ0n) is 7.91. The molecule has 2 aromatic rings. The van der Waals surface area contributed by atoms with Gasteiger partial charge < -0.3 is 0 Å². The van der Waals surface area contributed by atoms with E-state index in [0.29, 0.717) is 15.2 Å². The third-order valence-electron chi connectivity index (χ3n) is 1.83. The first-order valence-electron chi connectivity index (χ1n) is 4.33. The minimum atomic E-state index is -0.391. The lowest BCUT2D eigenvalue weighted by Gasteiger charge is -2.03. The summed E-state index contributed by atoms with van der Waals surface area (Å²) in [6.07, 6.45) is 1.60. The van der Waals surface area contributed by atoms with Crippen LogP contribution in [-0.2, 0) is 0 Å². The number of amides is 1. The van der Waals surface area contributed by atoms with E-state index >= 15 is 0 Å². The number of carbonyl (C=O) groups is 1. The number of nitrogens with zero attached hydrogens (tertiary/aromatic N) is 1. The minimum Gasteiger partial charge on any atom is -0.298 e. The fourth-order valence-corrected chi connectivity index (χ4v) is 2.18. The molecule has 0 aliphatic rings. The Bertz CT molecular complexity index is 516. The van der Waals surface area contributed by atoms with Gasteiger partial charge in [0.1, 0.15) is 5.82 Å². The highest BCUT2D eigenvalue weighted by molar-refractivity contribution is 9.10. The summed E-state index contributed by atoms with van der Waals surface area (Å²) in [4.78, 5) is 15.7. The first-order chi connectivity index (χ1) is 7.66. The van der Waals surface area contributed by atoms with E-state index in [9.17, 15) is 9.18 Å². The van der Waals surface area contributed by atoms with Crippen molar-refractivity contribution in [2.45, 2.75) is 0 Å². The second-order valence-electron chi connectivity index (χ2n) is 2.92. The first kappa shape index (κ1) is 11.2. The largest absolute Gasteiger partial charge is 0.298 e. The topological polar surface area (TPSA) is 42.0 Å². The van der Waals surface area contributed by atoms with Crippen molar-refractivity contribution in [3.05, 3.63) is 45.6 Å². The van der Waals surface area contributed by atoms with Gasteiger partial charge in [-0.05, 0) is 34.1 Å². The number of hydrogen-bond donors (Lipinski definition) is 1. The lowest BCUT2D eigenvalue weighted by Crippen LogP contribution is -2.12. The molecule has 1 aromatic heterocycles. The third-order valence-corrected chi connectivity index (χ3v) is 3.17. The van der Waals surface area contributed by atoms with Crippen LogP contribution >= 0.6 is 27.3 Å². The van der Waals surface area contributed by atoms with Gasteiger partial charge in [-0.25, -0.2) is 9.37 Å². The number of anilines is 1. The quantitative estimate of drug-likeness (QED) is 0.924. The van der Waals surface area contributed by atoms with Crippen molar-refractivity contribution in [2.24, 2.45) is 0 Å². The van der Waals surface area contributed by atoms with Crippen molar-refractivity contribution in [2.75, 3.05) is 5.32 Å².